The lowest BCUT2D eigenvalue weighted by Crippen LogP contribution is -2.49. The van der Waals surface area contributed by atoms with Crippen LogP contribution >= 0.6 is 11.6 Å². The Bertz CT molecular complexity index is 813. The third kappa shape index (κ3) is 4.40. The molecule has 2 heterocycles. The zero-order valence-corrected chi connectivity index (χ0v) is 17.4. The van der Waals surface area contributed by atoms with E-state index in [2.05, 4.69) is 0 Å². The molecular weight excluding hydrogens is 396 g/mol. The Balaban J connectivity index is 1.70. The molecule has 2 aliphatic rings. The minimum absolute atomic E-state index is 0.0648. The van der Waals surface area contributed by atoms with Gasteiger partial charge < -0.3 is 14.4 Å². The van der Waals surface area contributed by atoms with Crippen molar-refractivity contribution in [3.05, 3.63) is 34.9 Å². The summed E-state index contributed by atoms with van der Waals surface area (Å²) in [4.78, 5) is 40.4. The van der Waals surface area contributed by atoms with Crippen molar-refractivity contribution in [1.82, 2.24) is 9.80 Å². The highest BCUT2D eigenvalue weighted by molar-refractivity contribution is 6.55. The van der Waals surface area contributed by atoms with Gasteiger partial charge in [-0.2, -0.15) is 0 Å². The van der Waals surface area contributed by atoms with Gasteiger partial charge in [-0.1, -0.05) is 30.7 Å². The maximum absolute atomic E-state index is 13.0. The van der Waals surface area contributed by atoms with Crippen molar-refractivity contribution in [1.29, 1.82) is 0 Å². The maximum atomic E-state index is 13.0. The maximum Gasteiger partial charge on any atom is 0.409 e. The van der Waals surface area contributed by atoms with E-state index < -0.39 is 11.8 Å². The molecule has 1 fully saturated rings. The van der Waals surface area contributed by atoms with E-state index in [1.807, 2.05) is 6.92 Å². The van der Waals surface area contributed by atoms with Gasteiger partial charge in [-0.05, 0) is 43.9 Å². The molecule has 0 atom stereocenters. The van der Waals surface area contributed by atoms with Gasteiger partial charge in [0.15, 0.2) is 0 Å². The van der Waals surface area contributed by atoms with Crippen LogP contribution in [0.15, 0.2) is 29.3 Å². The summed E-state index contributed by atoms with van der Waals surface area (Å²) in [6, 6.07) is 6.71. The standard InChI is InChI=1S/C21H25ClN2O5/c1-3-13-29-16-7-5-14(6-8-16)17-18(22)20(26)24(19(17)25)15-9-11-23(12-10-15)21(27)28-4-2/h5-8,15H,3-4,9-13H2,1-2H3. The van der Waals surface area contributed by atoms with Gasteiger partial charge in [0.1, 0.15) is 10.8 Å². The molecule has 29 heavy (non-hydrogen) atoms. The SMILES string of the molecule is CCCOc1ccc(C2=C(Cl)C(=O)N(C3CCN(C(=O)OCC)CC3)C2=O)cc1. The van der Waals surface area contributed by atoms with E-state index in [-0.39, 0.29) is 22.7 Å². The predicted molar refractivity (Wildman–Crippen MR) is 108 cm³/mol. The van der Waals surface area contributed by atoms with Gasteiger partial charge in [-0.15, -0.1) is 0 Å². The topological polar surface area (TPSA) is 76.2 Å². The molecule has 0 N–H and O–H groups in total. The lowest BCUT2D eigenvalue weighted by atomic mass is 10.0. The summed E-state index contributed by atoms with van der Waals surface area (Å²) >= 11 is 6.27. The summed E-state index contributed by atoms with van der Waals surface area (Å²) in [6.07, 6.45) is 1.53. The van der Waals surface area contributed by atoms with Gasteiger partial charge in [0.05, 0.1) is 18.8 Å². The summed E-state index contributed by atoms with van der Waals surface area (Å²) in [5.74, 6) is -0.170. The number of halogens is 1. The number of amides is 3. The van der Waals surface area contributed by atoms with E-state index in [1.54, 1.807) is 36.1 Å². The van der Waals surface area contributed by atoms with Crippen LogP contribution < -0.4 is 4.74 Å². The van der Waals surface area contributed by atoms with Crippen molar-refractivity contribution in [2.75, 3.05) is 26.3 Å². The Hall–Kier alpha value is -2.54. The summed E-state index contributed by atoms with van der Waals surface area (Å²) in [5.41, 5.74) is 0.801. The molecular formula is C21H25ClN2O5. The van der Waals surface area contributed by atoms with Crippen LogP contribution in [0, 0.1) is 0 Å². The molecule has 0 aliphatic carbocycles. The number of likely N-dealkylation sites (tertiary alicyclic amines) is 1. The molecule has 3 rings (SSSR count). The molecule has 0 radical (unpaired) electrons. The highest BCUT2D eigenvalue weighted by atomic mass is 35.5. The van der Waals surface area contributed by atoms with Gasteiger partial charge in [-0.3, -0.25) is 14.5 Å². The first-order valence-electron chi connectivity index (χ1n) is 9.90. The van der Waals surface area contributed by atoms with Crippen LogP contribution in [0.25, 0.3) is 5.57 Å². The normalized spacial score (nSPS) is 17.9. The number of hydrogen-bond acceptors (Lipinski definition) is 5. The van der Waals surface area contributed by atoms with Crippen molar-refractivity contribution in [2.45, 2.75) is 39.2 Å². The highest BCUT2D eigenvalue weighted by Crippen LogP contribution is 2.35. The highest BCUT2D eigenvalue weighted by Gasteiger charge is 2.43. The Morgan fingerprint density at radius 3 is 2.34 bits per heavy atom. The molecule has 2 aliphatic heterocycles. The first-order valence-corrected chi connectivity index (χ1v) is 10.3. The van der Waals surface area contributed by atoms with Crippen LogP contribution in [-0.4, -0.2) is 60.1 Å². The first-order chi connectivity index (χ1) is 14.0. The van der Waals surface area contributed by atoms with Crippen LogP contribution in [0.4, 0.5) is 4.79 Å². The number of nitrogens with zero attached hydrogens (tertiary/aromatic N) is 2. The zero-order valence-electron chi connectivity index (χ0n) is 16.7. The third-order valence-electron chi connectivity index (χ3n) is 5.03. The fourth-order valence-electron chi connectivity index (χ4n) is 3.56. The quantitative estimate of drug-likeness (QED) is 0.659. The summed E-state index contributed by atoms with van der Waals surface area (Å²) < 4.78 is 10.6. The Morgan fingerprint density at radius 1 is 1.10 bits per heavy atom. The number of hydrogen-bond donors (Lipinski definition) is 0. The van der Waals surface area contributed by atoms with E-state index in [0.717, 1.165) is 6.42 Å². The summed E-state index contributed by atoms with van der Waals surface area (Å²) in [6.45, 7) is 5.55. The number of carbonyl (C=O) groups excluding carboxylic acids is 3. The second kappa shape index (κ2) is 9.31. The van der Waals surface area contributed by atoms with Crippen molar-refractivity contribution in [2.24, 2.45) is 0 Å². The minimum atomic E-state index is -0.479. The minimum Gasteiger partial charge on any atom is -0.494 e. The second-order valence-electron chi connectivity index (χ2n) is 6.96. The van der Waals surface area contributed by atoms with E-state index in [9.17, 15) is 14.4 Å². The predicted octanol–water partition coefficient (Wildman–Crippen LogP) is 3.42. The fourth-order valence-corrected chi connectivity index (χ4v) is 3.84. The van der Waals surface area contributed by atoms with E-state index >= 15 is 0 Å². The van der Waals surface area contributed by atoms with Crippen molar-refractivity contribution >= 4 is 35.1 Å². The number of benzene rings is 1. The summed E-state index contributed by atoms with van der Waals surface area (Å²) in [5, 5.41) is -0.0648. The van der Waals surface area contributed by atoms with Gasteiger partial charge in [-0.25, -0.2) is 4.79 Å². The molecule has 1 aromatic carbocycles. The average Bonchev–Trinajstić information content (AvgIpc) is 2.95. The molecule has 8 heteroatoms. The molecule has 0 saturated carbocycles. The van der Waals surface area contributed by atoms with E-state index in [1.165, 1.54) is 4.90 Å². The third-order valence-corrected chi connectivity index (χ3v) is 5.38. The number of piperidine rings is 1. The van der Waals surface area contributed by atoms with Crippen LogP contribution in [0.3, 0.4) is 0 Å². The van der Waals surface area contributed by atoms with Crippen LogP contribution in [0.5, 0.6) is 5.75 Å². The Labute approximate surface area is 175 Å². The van der Waals surface area contributed by atoms with Gasteiger partial charge in [0, 0.05) is 19.1 Å². The number of carbonyl (C=O) groups is 3. The lowest BCUT2D eigenvalue weighted by molar-refractivity contribution is -0.140. The number of imide groups is 1. The molecule has 0 unspecified atom stereocenters. The fraction of sp³-hybridized carbons (Fsp3) is 0.476. The zero-order chi connectivity index (χ0) is 21.0. The molecule has 1 aromatic rings. The average molecular weight is 421 g/mol. The molecule has 156 valence electrons. The molecule has 3 amide bonds. The van der Waals surface area contributed by atoms with Gasteiger partial charge >= 0.3 is 6.09 Å². The Morgan fingerprint density at radius 2 is 1.76 bits per heavy atom. The summed E-state index contributed by atoms with van der Waals surface area (Å²) in [7, 11) is 0. The van der Waals surface area contributed by atoms with Crippen LogP contribution in [0.1, 0.15) is 38.7 Å². The molecule has 0 spiro atoms. The van der Waals surface area contributed by atoms with Crippen molar-refractivity contribution in [3.8, 4) is 5.75 Å². The lowest BCUT2D eigenvalue weighted by Gasteiger charge is -2.35. The van der Waals surface area contributed by atoms with Crippen molar-refractivity contribution in [3.63, 3.8) is 0 Å². The largest absolute Gasteiger partial charge is 0.494 e. The molecule has 0 bridgehead atoms. The number of rotatable bonds is 6. The monoisotopic (exact) mass is 420 g/mol. The van der Waals surface area contributed by atoms with Crippen LogP contribution in [-0.2, 0) is 14.3 Å². The molecule has 7 nitrogen and oxygen atoms in total. The molecule has 1 saturated heterocycles. The van der Waals surface area contributed by atoms with Crippen molar-refractivity contribution < 1.29 is 23.9 Å². The van der Waals surface area contributed by atoms with E-state index in [4.69, 9.17) is 21.1 Å². The van der Waals surface area contributed by atoms with Gasteiger partial charge in [0.2, 0.25) is 0 Å². The second-order valence-corrected chi connectivity index (χ2v) is 7.34. The van der Waals surface area contributed by atoms with E-state index in [0.29, 0.717) is 50.5 Å². The van der Waals surface area contributed by atoms with Gasteiger partial charge in [0.25, 0.3) is 11.8 Å². The van der Waals surface area contributed by atoms with Crippen LogP contribution in [0.2, 0.25) is 0 Å². The molecule has 0 aromatic heterocycles. The smallest absolute Gasteiger partial charge is 0.409 e. The number of ether oxygens (including phenoxy) is 2. The first kappa shape index (κ1) is 21.2. The Kier molecular flexibility index (Phi) is 6.79.